The standard InChI is InChI=1S/C12H11N3S/c1-8-14-10-7-9(12-13-5-6-16-12)3-4-11(10)15(8)2/h3-7H,1-2H3. The van der Waals surface area contributed by atoms with Gasteiger partial charge in [-0.25, -0.2) is 9.97 Å². The van der Waals surface area contributed by atoms with Crippen molar-refractivity contribution < 1.29 is 0 Å². The first-order valence-corrected chi connectivity index (χ1v) is 5.96. The van der Waals surface area contributed by atoms with E-state index in [1.54, 1.807) is 11.3 Å². The van der Waals surface area contributed by atoms with Crippen molar-refractivity contribution >= 4 is 22.4 Å². The molecule has 2 aromatic heterocycles. The van der Waals surface area contributed by atoms with E-state index in [0.717, 1.165) is 27.4 Å². The molecule has 0 aliphatic heterocycles. The van der Waals surface area contributed by atoms with Gasteiger partial charge in [0, 0.05) is 24.2 Å². The fourth-order valence-corrected chi connectivity index (χ4v) is 2.45. The second-order valence-corrected chi connectivity index (χ2v) is 4.65. The summed E-state index contributed by atoms with van der Waals surface area (Å²) in [4.78, 5) is 8.83. The normalized spacial score (nSPS) is 11.1. The van der Waals surface area contributed by atoms with Crippen LogP contribution in [-0.2, 0) is 7.05 Å². The average Bonchev–Trinajstić information content (AvgIpc) is 2.88. The highest BCUT2D eigenvalue weighted by Gasteiger charge is 2.06. The first-order valence-electron chi connectivity index (χ1n) is 5.08. The first kappa shape index (κ1) is 9.54. The molecule has 0 unspecified atom stereocenters. The van der Waals surface area contributed by atoms with Crippen molar-refractivity contribution in [1.29, 1.82) is 0 Å². The first-order chi connectivity index (χ1) is 7.75. The van der Waals surface area contributed by atoms with Crippen LogP contribution in [0, 0.1) is 6.92 Å². The third kappa shape index (κ3) is 1.34. The molecule has 2 heterocycles. The number of imidazole rings is 1. The highest BCUT2D eigenvalue weighted by atomic mass is 32.1. The van der Waals surface area contributed by atoms with Gasteiger partial charge in [0.25, 0.3) is 0 Å². The van der Waals surface area contributed by atoms with Gasteiger partial charge in [-0.1, -0.05) is 0 Å². The molecule has 0 fully saturated rings. The summed E-state index contributed by atoms with van der Waals surface area (Å²) in [6.07, 6.45) is 1.83. The van der Waals surface area contributed by atoms with Crippen LogP contribution in [0.2, 0.25) is 0 Å². The lowest BCUT2D eigenvalue weighted by molar-refractivity contribution is 0.886. The van der Waals surface area contributed by atoms with Crippen LogP contribution in [-0.4, -0.2) is 14.5 Å². The van der Waals surface area contributed by atoms with Crippen molar-refractivity contribution in [2.75, 3.05) is 0 Å². The molecule has 3 aromatic rings. The van der Waals surface area contributed by atoms with E-state index in [1.165, 1.54) is 0 Å². The fourth-order valence-electron chi connectivity index (χ4n) is 1.82. The Morgan fingerprint density at radius 3 is 2.94 bits per heavy atom. The Morgan fingerprint density at radius 2 is 2.19 bits per heavy atom. The van der Waals surface area contributed by atoms with Gasteiger partial charge in [0.05, 0.1) is 11.0 Å². The predicted octanol–water partition coefficient (Wildman–Crippen LogP) is 3.01. The molecule has 0 bridgehead atoms. The Balaban J connectivity index is 2.24. The van der Waals surface area contributed by atoms with Gasteiger partial charge in [-0.15, -0.1) is 11.3 Å². The minimum Gasteiger partial charge on any atom is -0.331 e. The lowest BCUT2D eigenvalue weighted by Crippen LogP contribution is -1.89. The molecular formula is C12H11N3S. The van der Waals surface area contributed by atoms with E-state index < -0.39 is 0 Å². The van der Waals surface area contributed by atoms with Gasteiger partial charge in [0.1, 0.15) is 10.8 Å². The van der Waals surface area contributed by atoms with Crippen LogP contribution in [0.3, 0.4) is 0 Å². The van der Waals surface area contributed by atoms with E-state index in [0.29, 0.717) is 0 Å². The third-order valence-electron chi connectivity index (χ3n) is 2.78. The number of fused-ring (bicyclic) bond motifs is 1. The maximum Gasteiger partial charge on any atom is 0.123 e. The molecule has 80 valence electrons. The zero-order valence-electron chi connectivity index (χ0n) is 9.14. The van der Waals surface area contributed by atoms with Crippen LogP contribution < -0.4 is 0 Å². The molecule has 0 saturated heterocycles. The lowest BCUT2D eigenvalue weighted by Gasteiger charge is -1.98. The Labute approximate surface area is 97.4 Å². The molecule has 0 N–H and O–H groups in total. The summed E-state index contributed by atoms with van der Waals surface area (Å²) in [5.74, 6) is 1.03. The van der Waals surface area contributed by atoms with E-state index in [-0.39, 0.29) is 0 Å². The van der Waals surface area contributed by atoms with Crippen molar-refractivity contribution in [3.8, 4) is 10.6 Å². The zero-order valence-corrected chi connectivity index (χ0v) is 9.95. The molecule has 4 heteroatoms. The summed E-state index contributed by atoms with van der Waals surface area (Å²) < 4.78 is 2.10. The van der Waals surface area contributed by atoms with Crippen molar-refractivity contribution in [2.24, 2.45) is 7.05 Å². The number of hydrogen-bond donors (Lipinski definition) is 0. The van der Waals surface area contributed by atoms with Gasteiger partial charge in [0.15, 0.2) is 0 Å². The highest BCUT2D eigenvalue weighted by molar-refractivity contribution is 7.13. The summed E-state index contributed by atoms with van der Waals surface area (Å²) in [7, 11) is 2.04. The van der Waals surface area contributed by atoms with Crippen LogP contribution in [0.4, 0.5) is 0 Å². The molecule has 0 amide bonds. The molecular weight excluding hydrogens is 218 g/mol. The largest absolute Gasteiger partial charge is 0.331 e. The van der Waals surface area contributed by atoms with Gasteiger partial charge in [-0.05, 0) is 25.1 Å². The molecule has 0 aliphatic carbocycles. The Kier molecular flexibility index (Phi) is 2.04. The summed E-state index contributed by atoms with van der Waals surface area (Å²) in [6, 6.07) is 6.30. The Hall–Kier alpha value is -1.68. The Morgan fingerprint density at radius 1 is 1.31 bits per heavy atom. The molecule has 0 aliphatic rings. The smallest absolute Gasteiger partial charge is 0.123 e. The second-order valence-electron chi connectivity index (χ2n) is 3.76. The van der Waals surface area contributed by atoms with Crippen molar-refractivity contribution in [3.05, 3.63) is 35.6 Å². The van der Waals surface area contributed by atoms with Crippen LogP contribution >= 0.6 is 11.3 Å². The van der Waals surface area contributed by atoms with Crippen molar-refractivity contribution in [3.63, 3.8) is 0 Å². The number of aromatic nitrogens is 3. The van der Waals surface area contributed by atoms with Gasteiger partial charge in [-0.3, -0.25) is 0 Å². The summed E-state index contributed by atoms with van der Waals surface area (Å²) in [5, 5.41) is 3.04. The van der Waals surface area contributed by atoms with Crippen LogP contribution in [0.15, 0.2) is 29.8 Å². The SMILES string of the molecule is Cc1nc2cc(-c3nccs3)ccc2n1C. The topological polar surface area (TPSA) is 30.7 Å². The molecule has 1 aromatic carbocycles. The van der Waals surface area contributed by atoms with Crippen molar-refractivity contribution in [2.45, 2.75) is 6.92 Å². The number of benzene rings is 1. The number of thiazole rings is 1. The van der Waals surface area contributed by atoms with E-state index in [1.807, 2.05) is 25.5 Å². The maximum atomic E-state index is 4.52. The summed E-state index contributed by atoms with van der Waals surface area (Å²) >= 11 is 1.65. The van der Waals surface area contributed by atoms with E-state index in [9.17, 15) is 0 Å². The number of aryl methyl sites for hydroxylation is 2. The fraction of sp³-hybridized carbons (Fsp3) is 0.167. The third-order valence-corrected chi connectivity index (χ3v) is 3.61. The molecule has 0 spiro atoms. The monoisotopic (exact) mass is 229 g/mol. The summed E-state index contributed by atoms with van der Waals surface area (Å²) in [5.41, 5.74) is 3.34. The minimum absolute atomic E-state index is 1.03. The van der Waals surface area contributed by atoms with Gasteiger partial charge in [-0.2, -0.15) is 0 Å². The van der Waals surface area contributed by atoms with Crippen molar-refractivity contribution in [1.82, 2.24) is 14.5 Å². The molecule has 0 radical (unpaired) electrons. The predicted molar refractivity (Wildman–Crippen MR) is 66.6 cm³/mol. The summed E-state index contributed by atoms with van der Waals surface area (Å²) in [6.45, 7) is 2.02. The number of rotatable bonds is 1. The molecule has 3 nitrogen and oxygen atoms in total. The molecule has 0 atom stereocenters. The van der Waals surface area contributed by atoms with Crippen LogP contribution in [0.25, 0.3) is 21.6 Å². The average molecular weight is 229 g/mol. The van der Waals surface area contributed by atoms with E-state index in [2.05, 4.69) is 32.7 Å². The lowest BCUT2D eigenvalue weighted by atomic mass is 10.2. The van der Waals surface area contributed by atoms with Crippen LogP contribution in [0.1, 0.15) is 5.82 Å². The molecule has 16 heavy (non-hydrogen) atoms. The zero-order chi connectivity index (χ0) is 11.1. The highest BCUT2D eigenvalue weighted by Crippen LogP contribution is 2.25. The van der Waals surface area contributed by atoms with Crippen LogP contribution in [0.5, 0.6) is 0 Å². The van der Waals surface area contributed by atoms with Gasteiger partial charge < -0.3 is 4.57 Å². The van der Waals surface area contributed by atoms with Gasteiger partial charge in [0.2, 0.25) is 0 Å². The molecule has 3 rings (SSSR count). The Bertz CT molecular complexity index is 638. The maximum absolute atomic E-state index is 4.52. The quantitative estimate of drug-likeness (QED) is 0.642. The van der Waals surface area contributed by atoms with E-state index in [4.69, 9.17) is 0 Å². The number of hydrogen-bond acceptors (Lipinski definition) is 3. The second kappa shape index (κ2) is 3.42. The minimum atomic E-state index is 1.03. The molecule has 0 saturated carbocycles. The van der Waals surface area contributed by atoms with Gasteiger partial charge >= 0.3 is 0 Å². The number of nitrogens with zero attached hydrogens (tertiary/aromatic N) is 3. The van der Waals surface area contributed by atoms with E-state index >= 15 is 0 Å².